The van der Waals surface area contributed by atoms with Gasteiger partial charge in [-0.2, -0.15) is 18.2 Å². The molecule has 0 aliphatic carbocycles. The van der Waals surface area contributed by atoms with Crippen molar-refractivity contribution in [3.63, 3.8) is 0 Å². The molecule has 0 radical (unpaired) electrons. The Hall–Kier alpha value is -3.29. The van der Waals surface area contributed by atoms with Gasteiger partial charge in [-0.3, -0.25) is 0 Å². The molecule has 2 N–H and O–H groups in total. The third-order valence-corrected chi connectivity index (χ3v) is 5.49. The first-order valence-electron chi connectivity index (χ1n) is 11.0. The number of anilines is 4. The number of aromatic nitrogens is 2. The maximum Gasteiger partial charge on any atom is 0.421 e. The summed E-state index contributed by atoms with van der Waals surface area (Å²) >= 11 is 0. The number of hydrogen-bond donors (Lipinski definition) is 2. The number of nitrogens with zero attached hydrogens (tertiary/aromatic N) is 2. The molecule has 1 aromatic heterocycles. The number of alkyl halides is 3. The first-order valence-corrected chi connectivity index (χ1v) is 11.0. The van der Waals surface area contributed by atoms with Crippen molar-refractivity contribution in [1.29, 1.82) is 0 Å². The van der Waals surface area contributed by atoms with Crippen LogP contribution in [0.5, 0.6) is 5.75 Å². The Bertz CT molecular complexity index is 1050. The van der Waals surface area contributed by atoms with Gasteiger partial charge in [-0.25, -0.2) is 4.98 Å². The molecule has 0 saturated heterocycles. The van der Waals surface area contributed by atoms with Gasteiger partial charge in [0.2, 0.25) is 5.95 Å². The molecule has 0 aliphatic rings. The van der Waals surface area contributed by atoms with E-state index >= 15 is 0 Å². The van der Waals surface area contributed by atoms with Gasteiger partial charge in [0, 0.05) is 11.9 Å². The number of para-hydroxylation sites is 2. The fourth-order valence-electron chi connectivity index (χ4n) is 3.10. The Morgan fingerprint density at radius 1 is 0.939 bits per heavy atom. The fourth-order valence-corrected chi connectivity index (χ4v) is 3.10. The molecule has 0 fully saturated rings. The summed E-state index contributed by atoms with van der Waals surface area (Å²) in [5.41, 5.74) is 1.31. The van der Waals surface area contributed by atoms with Crippen molar-refractivity contribution in [1.82, 2.24) is 9.97 Å². The van der Waals surface area contributed by atoms with Gasteiger partial charge in [0.25, 0.3) is 0 Å². The molecule has 0 spiro atoms. The maximum absolute atomic E-state index is 13.7. The molecule has 3 aromatic rings. The predicted molar refractivity (Wildman–Crippen MR) is 126 cm³/mol. The fraction of sp³-hybridized carbons (Fsp3) is 0.360. The summed E-state index contributed by atoms with van der Waals surface area (Å²) in [6.07, 6.45) is -2.14. The normalized spacial score (nSPS) is 13.3. The lowest BCUT2D eigenvalue weighted by atomic mass is 9.99. The summed E-state index contributed by atoms with van der Waals surface area (Å²) in [5, 5.41) is 5.79. The zero-order valence-electron chi connectivity index (χ0n) is 19.2. The van der Waals surface area contributed by atoms with Crippen molar-refractivity contribution in [3.05, 3.63) is 65.9 Å². The van der Waals surface area contributed by atoms with Crippen LogP contribution in [0.4, 0.5) is 36.3 Å². The van der Waals surface area contributed by atoms with E-state index in [1.54, 1.807) is 24.3 Å². The van der Waals surface area contributed by atoms with Crippen molar-refractivity contribution >= 4 is 23.1 Å². The molecule has 176 valence electrons. The third-order valence-electron chi connectivity index (χ3n) is 5.49. The number of ether oxygens (including phenoxy) is 1. The highest BCUT2D eigenvalue weighted by Gasteiger charge is 2.35. The molecule has 2 unspecified atom stereocenters. The summed E-state index contributed by atoms with van der Waals surface area (Å²) in [6.45, 7) is 8.13. The van der Waals surface area contributed by atoms with Crippen LogP contribution in [-0.2, 0) is 6.18 Å². The van der Waals surface area contributed by atoms with Gasteiger partial charge in [-0.1, -0.05) is 45.0 Å². The molecule has 33 heavy (non-hydrogen) atoms. The van der Waals surface area contributed by atoms with E-state index in [4.69, 9.17) is 4.74 Å². The summed E-state index contributed by atoms with van der Waals surface area (Å²) < 4.78 is 46.8. The predicted octanol–water partition coefficient (Wildman–Crippen LogP) is 7.67. The lowest BCUT2D eigenvalue weighted by Crippen LogP contribution is -2.14. The second-order valence-corrected chi connectivity index (χ2v) is 7.97. The second-order valence-electron chi connectivity index (χ2n) is 7.97. The van der Waals surface area contributed by atoms with Gasteiger partial charge in [0.15, 0.2) is 0 Å². The number of benzene rings is 2. The highest BCUT2D eigenvalue weighted by atomic mass is 19.4. The molecular weight excluding hydrogens is 429 g/mol. The van der Waals surface area contributed by atoms with E-state index in [1.165, 1.54) is 5.56 Å². The Balaban J connectivity index is 1.90. The molecule has 2 atom stereocenters. The SMILES string of the molecule is CCC(C)Oc1ccccc1Nc1nc(Nc2ccc(C(C)CC)cc2)ncc1C(F)(F)F. The zero-order chi connectivity index (χ0) is 24.0. The maximum atomic E-state index is 13.7. The summed E-state index contributed by atoms with van der Waals surface area (Å²) in [7, 11) is 0. The van der Waals surface area contributed by atoms with Crippen LogP contribution in [0.1, 0.15) is 57.6 Å². The van der Waals surface area contributed by atoms with Gasteiger partial charge in [0.05, 0.1) is 11.8 Å². The summed E-state index contributed by atoms with van der Waals surface area (Å²) in [5.74, 6) is 0.585. The van der Waals surface area contributed by atoms with Gasteiger partial charge in [-0.15, -0.1) is 0 Å². The van der Waals surface area contributed by atoms with E-state index in [9.17, 15) is 13.2 Å². The highest BCUT2D eigenvalue weighted by molar-refractivity contribution is 5.67. The molecule has 5 nitrogen and oxygen atoms in total. The minimum Gasteiger partial charge on any atom is -0.489 e. The number of hydrogen-bond acceptors (Lipinski definition) is 5. The van der Waals surface area contributed by atoms with Crippen molar-refractivity contribution in [2.75, 3.05) is 10.6 Å². The molecule has 0 saturated carbocycles. The van der Waals surface area contributed by atoms with E-state index in [-0.39, 0.29) is 17.9 Å². The first kappa shape index (κ1) is 24.4. The molecule has 0 amide bonds. The average molecular weight is 459 g/mol. The Kier molecular flexibility index (Phi) is 7.79. The number of nitrogens with one attached hydrogen (secondary N) is 2. The Labute approximate surface area is 192 Å². The average Bonchev–Trinajstić information content (AvgIpc) is 2.79. The number of rotatable bonds is 9. The smallest absolute Gasteiger partial charge is 0.421 e. The lowest BCUT2D eigenvalue weighted by molar-refractivity contribution is -0.137. The van der Waals surface area contributed by atoms with Gasteiger partial charge in [-0.05, 0) is 55.5 Å². The molecule has 1 heterocycles. The number of halogens is 3. The minimum atomic E-state index is -4.62. The summed E-state index contributed by atoms with van der Waals surface area (Å²) in [6, 6.07) is 14.6. The van der Waals surface area contributed by atoms with Crippen molar-refractivity contribution in [2.45, 2.75) is 58.7 Å². The minimum absolute atomic E-state index is 0.0575. The summed E-state index contributed by atoms with van der Waals surface area (Å²) in [4.78, 5) is 8.02. The van der Waals surface area contributed by atoms with Crippen LogP contribution in [0.15, 0.2) is 54.7 Å². The van der Waals surface area contributed by atoms with Crippen LogP contribution in [0.2, 0.25) is 0 Å². The molecule has 3 rings (SSSR count). The van der Waals surface area contributed by atoms with E-state index in [0.29, 0.717) is 23.0 Å². The third kappa shape index (κ3) is 6.37. The van der Waals surface area contributed by atoms with Crippen LogP contribution in [-0.4, -0.2) is 16.1 Å². The topological polar surface area (TPSA) is 59.1 Å². The van der Waals surface area contributed by atoms with Crippen LogP contribution < -0.4 is 15.4 Å². The van der Waals surface area contributed by atoms with Crippen LogP contribution in [0.25, 0.3) is 0 Å². The highest BCUT2D eigenvalue weighted by Crippen LogP contribution is 2.37. The molecule has 2 aromatic carbocycles. The zero-order valence-corrected chi connectivity index (χ0v) is 19.2. The lowest BCUT2D eigenvalue weighted by Gasteiger charge is -2.19. The van der Waals surface area contributed by atoms with Crippen molar-refractivity contribution in [3.8, 4) is 5.75 Å². The van der Waals surface area contributed by atoms with Gasteiger partial charge in [0.1, 0.15) is 17.1 Å². The van der Waals surface area contributed by atoms with Crippen LogP contribution in [0, 0.1) is 0 Å². The standard InChI is InChI=1S/C25H29F3N4O/c1-5-16(3)18-11-13-19(14-12-18)30-24-29-15-20(25(26,27)28)23(32-24)31-21-9-7-8-10-22(21)33-17(4)6-2/h7-17H,5-6H2,1-4H3,(H2,29,30,31,32). The monoisotopic (exact) mass is 458 g/mol. The molecule has 0 aliphatic heterocycles. The van der Waals surface area contributed by atoms with Gasteiger partial charge < -0.3 is 15.4 Å². The van der Waals surface area contributed by atoms with Crippen molar-refractivity contribution in [2.24, 2.45) is 0 Å². The van der Waals surface area contributed by atoms with Crippen LogP contribution in [0.3, 0.4) is 0 Å². The van der Waals surface area contributed by atoms with E-state index in [0.717, 1.165) is 19.0 Å². The van der Waals surface area contributed by atoms with Crippen molar-refractivity contribution < 1.29 is 17.9 Å². The quantitative estimate of drug-likeness (QED) is 0.344. The Morgan fingerprint density at radius 2 is 1.64 bits per heavy atom. The van der Waals surface area contributed by atoms with E-state index in [1.807, 2.05) is 38.1 Å². The molecular formula is C25H29F3N4O. The molecule has 8 heteroatoms. The first-order chi connectivity index (χ1) is 15.7. The second kappa shape index (κ2) is 10.6. The van der Waals surface area contributed by atoms with Crippen LogP contribution >= 0.6 is 0 Å². The van der Waals surface area contributed by atoms with E-state index < -0.39 is 11.7 Å². The van der Waals surface area contributed by atoms with Gasteiger partial charge >= 0.3 is 6.18 Å². The van der Waals surface area contributed by atoms with E-state index in [2.05, 4.69) is 34.4 Å². The Morgan fingerprint density at radius 3 is 2.27 bits per heavy atom. The molecule has 0 bridgehead atoms. The largest absolute Gasteiger partial charge is 0.489 e.